The highest BCUT2D eigenvalue weighted by Crippen LogP contribution is 2.18. The molecule has 8 heteroatoms. The average Bonchev–Trinajstić information content (AvgIpc) is 2.68. The van der Waals surface area contributed by atoms with Gasteiger partial charge in [-0.3, -0.25) is 9.82 Å². The van der Waals surface area contributed by atoms with Crippen molar-refractivity contribution in [1.29, 1.82) is 0 Å². The molecule has 0 aliphatic heterocycles. The van der Waals surface area contributed by atoms with Gasteiger partial charge in [-0.2, -0.15) is 5.10 Å². The van der Waals surface area contributed by atoms with Crippen molar-refractivity contribution >= 4 is 15.7 Å². The van der Waals surface area contributed by atoms with Crippen molar-refractivity contribution in [2.24, 2.45) is 0 Å². The van der Waals surface area contributed by atoms with E-state index in [1.807, 2.05) is 0 Å². The molecule has 0 atom stereocenters. The van der Waals surface area contributed by atoms with E-state index in [1.165, 1.54) is 12.4 Å². The van der Waals surface area contributed by atoms with Crippen LogP contribution >= 0.6 is 0 Å². The monoisotopic (exact) mass is 259 g/mol. The fraction of sp³-hybridized carbons (Fsp3) is 0. The fourth-order valence-corrected chi connectivity index (χ4v) is 2.30. The number of hydrogen-bond donors (Lipinski definition) is 2. The summed E-state index contributed by atoms with van der Waals surface area (Å²) in [6, 6.07) is 2.23. The van der Waals surface area contributed by atoms with Gasteiger partial charge in [-0.1, -0.05) is 0 Å². The van der Waals surface area contributed by atoms with Gasteiger partial charge in [-0.15, -0.1) is 0 Å². The summed E-state index contributed by atoms with van der Waals surface area (Å²) < 4.78 is 51.5. The zero-order valence-electron chi connectivity index (χ0n) is 8.31. The Hall–Kier alpha value is -1.96. The van der Waals surface area contributed by atoms with Gasteiger partial charge in [0.2, 0.25) is 0 Å². The van der Waals surface area contributed by atoms with Crippen LogP contribution in [-0.4, -0.2) is 18.6 Å². The summed E-state index contributed by atoms with van der Waals surface area (Å²) in [5, 5.41) is 5.93. The van der Waals surface area contributed by atoms with E-state index in [-0.39, 0.29) is 5.69 Å². The summed E-state index contributed by atoms with van der Waals surface area (Å²) in [6.45, 7) is 0. The molecule has 90 valence electrons. The predicted molar refractivity (Wildman–Crippen MR) is 55.8 cm³/mol. The van der Waals surface area contributed by atoms with E-state index in [4.69, 9.17) is 0 Å². The Kier molecular flexibility index (Phi) is 2.80. The van der Waals surface area contributed by atoms with Crippen LogP contribution in [0.1, 0.15) is 0 Å². The van der Waals surface area contributed by atoms with Crippen LogP contribution in [-0.2, 0) is 10.0 Å². The summed E-state index contributed by atoms with van der Waals surface area (Å²) >= 11 is 0. The lowest BCUT2D eigenvalue weighted by molar-refractivity contribution is 0.551. The van der Waals surface area contributed by atoms with Crippen molar-refractivity contribution in [2.45, 2.75) is 4.90 Å². The molecule has 0 fully saturated rings. The van der Waals surface area contributed by atoms with E-state index >= 15 is 0 Å². The second-order valence-corrected chi connectivity index (χ2v) is 4.82. The number of aromatic amines is 1. The van der Waals surface area contributed by atoms with Crippen LogP contribution in [0.25, 0.3) is 0 Å². The largest absolute Gasteiger partial charge is 0.284 e. The third kappa shape index (κ3) is 2.41. The van der Waals surface area contributed by atoms with Gasteiger partial charge < -0.3 is 0 Å². The SMILES string of the molecule is O=S(=O)(Nc1cn[nH]c1)c1ccc(F)cc1F. The van der Waals surface area contributed by atoms with E-state index in [1.54, 1.807) is 0 Å². The van der Waals surface area contributed by atoms with Gasteiger partial charge in [0.1, 0.15) is 16.5 Å². The summed E-state index contributed by atoms with van der Waals surface area (Å²) in [7, 11) is -4.08. The topological polar surface area (TPSA) is 74.8 Å². The second kappa shape index (κ2) is 4.13. The Balaban J connectivity index is 2.38. The maximum absolute atomic E-state index is 13.3. The van der Waals surface area contributed by atoms with Crippen molar-refractivity contribution < 1.29 is 17.2 Å². The lowest BCUT2D eigenvalue weighted by Crippen LogP contribution is -2.14. The fourth-order valence-electron chi connectivity index (χ4n) is 1.21. The summed E-state index contributed by atoms with van der Waals surface area (Å²) in [6.07, 6.45) is 2.51. The molecule has 0 saturated heterocycles. The molecule has 0 spiro atoms. The highest BCUT2D eigenvalue weighted by atomic mass is 32.2. The highest BCUT2D eigenvalue weighted by molar-refractivity contribution is 7.92. The van der Waals surface area contributed by atoms with E-state index in [2.05, 4.69) is 14.9 Å². The molecule has 17 heavy (non-hydrogen) atoms. The van der Waals surface area contributed by atoms with Crippen molar-refractivity contribution in [3.05, 3.63) is 42.2 Å². The first kappa shape index (κ1) is 11.5. The lowest BCUT2D eigenvalue weighted by Gasteiger charge is -2.06. The number of rotatable bonds is 3. The van der Waals surface area contributed by atoms with Crippen LogP contribution in [0.4, 0.5) is 14.5 Å². The number of nitrogens with one attached hydrogen (secondary N) is 2. The Morgan fingerprint density at radius 3 is 2.65 bits per heavy atom. The lowest BCUT2D eigenvalue weighted by atomic mass is 10.3. The molecular formula is C9H7F2N3O2S. The van der Waals surface area contributed by atoms with Crippen molar-refractivity contribution in [3.8, 4) is 0 Å². The maximum atomic E-state index is 13.3. The number of aromatic nitrogens is 2. The molecule has 0 bridgehead atoms. The number of anilines is 1. The van der Waals surface area contributed by atoms with E-state index in [0.717, 1.165) is 12.1 Å². The second-order valence-electron chi connectivity index (χ2n) is 3.17. The third-order valence-corrected chi connectivity index (χ3v) is 3.35. The molecule has 5 nitrogen and oxygen atoms in total. The minimum Gasteiger partial charge on any atom is -0.284 e. The summed E-state index contributed by atoms with van der Waals surface area (Å²) in [5.74, 6) is -1.99. The van der Waals surface area contributed by atoms with Crippen LogP contribution in [0, 0.1) is 11.6 Å². The molecule has 0 amide bonds. The molecule has 1 heterocycles. The molecule has 2 aromatic rings. The van der Waals surface area contributed by atoms with Crippen molar-refractivity contribution in [1.82, 2.24) is 10.2 Å². The molecule has 2 rings (SSSR count). The third-order valence-electron chi connectivity index (χ3n) is 1.93. The molecule has 0 unspecified atom stereocenters. The van der Waals surface area contributed by atoms with Gasteiger partial charge in [-0.05, 0) is 12.1 Å². The van der Waals surface area contributed by atoms with Gasteiger partial charge in [0, 0.05) is 12.3 Å². The Labute approximate surface area is 95.5 Å². The van der Waals surface area contributed by atoms with Gasteiger partial charge in [0.25, 0.3) is 10.0 Å². The van der Waals surface area contributed by atoms with Crippen molar-refractivity contribution in [2.75, 3.05) is 4.72 Å². The zero-order valence-corrected chi connectivity index (χ0v) is 9.13. The Morgan fingerprint density at radius 1 is 1.29 bits per heavy atom. The molecule has 0 radical (unpaired) electrons. The van der Waals surface area contributed by atoms with Gasteiger partial charge in [0.15, 0.2) is 0 Å². The van der Waals surface area contributed by atoms with E-state index in [0.29, 0.717) is 6.07 Å². The molecule has 2 N–H and O–H groups in total. The van der Waals surface area contributed by atoms with Crippen LogP contribution in [0.5, 0.6) is 0 Å². The number of sulfonamides is 1. The van der Waals surface area contributed by atoms with Gasteiger partial charge in [0.05, 0.1) is 11.9 Å². The molecule has 0 aliphatic carbocycles. The van der Waals surface area contributed by atoms with Gasteiger partial charge >= 0.3 is 0 Å². The summed E-state index contributed by atoms with van der Waals surface area (Å²) in [5.41, 5.74) is 0.161. The molecular weight excluding hydrogens is 252 g/mol. The van der Waals surface area contributed by atoms with Crippen molar-refractivity contribution in [3.63, 3.8) is 0 Å². The first-order chi connectivity index (χ1) is 7.99. The highest BCUT2D eigenvalue weighted by Gasteiger charge is 2.19. The predicted octanol–water partition coefficient (Wildman–Crippen LogP) is 1.49. The molecule has 1 aromatic carbocycles. The van der Waals surface area contributed by atoms with Gasteiger partial charge in [-0.25, -0.2) is 17.2 Å². The number of nitrogens with zero attached hydrogens (tertiary/aromatic N) is 1. The molecule has 0 saturated carbocycles. The first-order valence-corrected chi connectivity index (χ1v) is 5.94. The number of H-pyrrole nitrogens is 1. The maximum Gasteiger partial charge on any atom is 0.264 e. The van der Waals surface area contributed by atoms with Crippen LogP contribution in [0.2, 0.25) is 0 Å². The Bertz CT molecular complexity index is 626. The first-order valence-electron chi connectivity index (χ1n) is 4.46. The van der Waals surface area contributed by atoms with Crippen LogP contribution < -0.4 is 4.72 Å². The summed E-state index contributed by atoms with van der Waals surface area (Å²) in [4.78, 5) is -0.625. The molecule has 1 aromatic heterocycles. The normalized spacial score (nSPS) is 11.4. The Morgan fingerprint density at radius 2 is 2.06 bits per heavy atom. The number of halogens is 2. The average molecular weight is 259 g/mol. The van der Waals surface area contributed by atoms with Crippen LogP contribution in [0.15, 0.2) is 35.5 Å². The molecule has 0 aliphatic rings. The minimum absolute atomic E-state index is 0.161. The quantitative estimate of drug-likeness (QED) is 0.876. The smallest absolute Gasteiger partial charge is 0.264 e. The van der Waals surface area contributed by atoms with E-state index < -0.39 is 26.6 Å². The number of benzene rings is 1. The zero-order chi connectivity index (χ0) is 12.5. The minimum atomic E-state index is -4.08. The number of hydrogen-bond acceptors (Lipinski definition) is 3. The van der Waals surface area contributed by atoms with E-state index in [9.17, 15) is 17.2 Å². The van der Waals surface area contributed by atoms with Crippen LogP contribution in [0.3, 0.4) is 0 Å². The standard InChI is InChI=1S/C9H7F2N3O2S/c10-6-1-2-9(8(11)3-6)17(15,16)14-7-4-12-13-5-7/h1-5,14H,(H,12,13).